The Balaban J connectivity index is 1.40. The van der Waals surface area contributed by atoms with Gasteiger partial charge in [-0.1, -0.05) is 73.3 Å². The van der Waals surface area contributed by atoms with E-state index in [0.717, 1.165) is 82.5 Å². The molecule has 0 aliphatic carbocycles. The van der Waals surface area contributed by atoms with Crippen molar-refractivity contribution >= 4 is 77.0 Å². The first-order chi connectivity index (χ1) is 20.7. The molecule has 0 atom stereocenters. The number of para-hydroxylation sites is 3. The van der Waals surface area contributed by atoms with E-state index in [-0.39, 0.29) is 0 Å². The number of hydrogen-bond donors (Lipinski definition) is 0. The molecular formula is C38H24N2O2. The Morgan fingerprint density at radius 1 is 0.690 bits per heavy atom. The molecule has 4 nitrogen and oxygen atoms in total. The molecular weight excluding hydrogens is 516 g/mol. The van der Waals surface area contributed by atoms with E-state index in [9.17, 15) is 5.26 Å². The lowest BCUT2D eigenvalue weighted by Crippen LogP contribution is -2.02. The van der Waals surface area contributed by atoms with Crippen LogP contribution in [0.4, 0.5) is 0 Å². The van der Waals surface area contributed by atoms with Gasteiger partial charge >= 0.3 is 0 Å². The van der Waals surface area contributed by atoms with Crippen LogP contribution >= 0.6 is 0 Å². The van der Waals surface area contributed by atoms with Crippen LogP contribution in [0.1, 0.15) is 12.5 Å². The molecule has 0 aliphatic rings. The summed E-state index contributed by atoms with van der Waals surface area (Å²) < 4.78 is 14.9. The van der Waals surface area contributed by atoms with Crippen molar-refractivity contribution in [3.05, 3.63) is 133 Å². The molecule has 8 aromatic rings. The maximum absolute atomic E-state index is 10.2. The van der Waals surface area contributed by atoms with Crippen LogP contribution in [0.2, 0.25) is 0 Å². The monoisotopic (exact) mass is 540 g/mol. The van der Waals surface area contributed by atoms with Crippen LogP contribution in [0.3, 0.4) is 0 Å². The van der Waals surface area contributed by atoms with Gasteiger partial charge in [0.25, 0.3) is 0 Å². The van der Waals surface area contributed by atoms with Crippen LogP contribution in [0.5, 0.6) is 0 Å². The molecule has 5 aromatic carbocycles. The van der Waals surface area contributed by atoms with Crippen LogP contribution in [-0.2, 0) is 0 Å². The van der Waals surface area contributed by atoms with Crippen molar-refractivity contribution in [2.45, 2.75) is 6.92 Å². The van der Waals surface area contributed by atoms with Gasteiger partial charge in [-0.15, -0.1) is 0 Å². The molecule has 0 saturated heterocycles. The summed E-state index contributed by atoms with van der Waals surface area (Å²) in [6.07, 6.45) is 3.78. The van der Waals surface area contributed by atoms with Gasteiger partial charge in [0.05, 0.1) is 22.8 Å². The number of allylic oxidation sites excluding steroid dienone is 5. The second-order valence-corrected chi connectivity index (χ2v) is 10.5. The topological polar surface area (TPSA) is 55.0 Å². The Morgan fingerprint density at radius 3 is 1.90 bits per heavy atom. The first kappa shape index (κ1) is 24.0. The average molecular weight is 541 g/mol. The van der Waals surface area contributed by atoms with E-state index in [1.807, 2.05) is 55.5 Å². The lowest BCUT2D eigenvalue weighted by Gasteiger charge is -2.18. The van der Waals surface area contributed by atoms with E-state index in [1.165, 1.54) is 0 Å². The van der Waals surface area contributed by atoms with Crippen molar-refractivity contribution in [2.24, 2.45) is 0 Å². The number of fused-ring (bicyclic) bond motifs is 10. The summed E-state index contributed by atoms with van der Waals surface area (Å²) in [6.45, 7) is 5.91. The minimum Gasteiger partial charge on any atom is -0.452 e. The molecule has 0 radical (unpaired) electrons. The van der Waals surface area contributed by atoms with E-state index in [4.69, 9.17) is 8.83 Å². The molecule has 3 heterocycles. The lowest BCUT2D eigenvalue weighted by molar-refractivity contribution is 0.633. The molecule has 0 bridgehead atoms. The minimum atomic E-state index is 0.608. The van der Waals surface area contributed by atoms with Crippen molar-refractivity contribution in [2.75, 3.05) is 0 Å². The molecule has 0 saturated carbocycles. The average Bonchev–Trinajstić information content (AvgIpc) is 3.70. The number of nitriles is 1. The zero-order chi connectivity index (χ0) is 28.4. The van der Waals surface area contributed by atoms with Gasteiger partial charge in [-0.3, -0.25) is 0 Å². The summed E-state index contributed by atoms with van der Waals surface area (Å²) in [5, 5.41) is 16.6. The van der Waals surface area contributed by atoms with Gasteiger partial charge in [-0.05, 0) is 61.0 Å². The van der Waals surface area contributed by atoms with Gasteiger partial charge in [0.2, 0.25) is 0 Å². The smallest absolute Gasteiger partial charge is 0.178 e. The fraction of sp³-hybridized carbons (Fsp3) is 0.0263. The van der Waals surface area contributed by atoms with Crippen LogP contribution in [0, 0.1) is 11.3 Å². The third-order valence-electron chi connectivity index (χ3n) is 8.17. The number of nitrogens with zero attached hydrogens (tertiary/aromatic N) is 2. The fourth-order valence-electron chi connectivity index (χ4n) is 6.35. The van der Waals surface area contributed by atoms with E-state index in [2.05, 4.69) is 77.9 Å². The van der Waals surface area contributed by atoms with E-state index in [0.29, 0.717) is 5.57 Å². The standard InChI is InChI=1S/C38H24N2O2/c1-3-10-33(40-31-14-7-4-11-25(31)26-12-5-8-15-32(26)40)36(23(2)22-39)24-17-20-35-30(21-24)29-19-18-28-27-13-6-9-16-34(27)41-37(28)38(29)42-35/h3-21H,1H2,2H3/b33-10+,36-23+. The van der Waals surface area contributed by atoms with Gasteiger partial charge in [0.1, 0.15) is 11.2 Å². The highest BCUT2D eigenvalue weighted by Gasteiger charge is 2.21. The maximum Gasteiger partial charge on any atom is 0.178 e. The summed E-state index contributed by atoms with van der Waals surface area (Å²) in [6, 6.07) is 37.6. The van der Waals surface area contributed by atoms with Crippen LogP contribution < -0.4 is 0 Å². The molecule has 42 heavy (non-hydrogen) atoms. The van der Waals surface area contributed by atoms with Crippen LogP contribution in [-0.4, -0.2) is 4.57 Å². The molecule has 0 aliphatic heterocycles. The van der Waals surface area contributed by atoms with Crippen LogP contribution in [0.25, 0.3) is 77.0 Å². The summed E-state index contributed by atoms with van der Waals surface area (Å²) in [7, 11) is 0. The third kappa shape index (κ3) is 3.34. The summed E-state index contributed by atoms with van der Waals surface area (Å²) in [5.41, 5.74) is 8.45. The second kappa shape index (κ2) is 9.12. The van der Waals surface area contributed by atoms with Gasteiger partial charge in [0.15, 0.2) is 11.2 Å². The first-order valence-electron chi connectivity index (χ1n) is 13.9. The Hall–Kier alpha value is -5.79. The zero-order valence-electron chi connectivity index (χ0n) is 22.9. The molecule has 0 unspecified atom stereocenters. The van der Waals surface area contributed by atoms with Crippen LogP contribution in [0.15, 0.2) is 136 Å². The fourth-order valence-corrected chi connectivity index (χ4v) is 6.35. The highest BCUT2D eigenvalue weighted by atomic mass is 16.4. The molecule has 0 amide bonds. The van der Waals surface area contributed by atoms with Crippen molar-refractivity contribution in [1.82, 2.24) is 4.57 Å². The predicted molar refractivity (Wildman–Crippen MR) is 173 cm³/mol. The SMILES string of the molecule is C=C/C=C(\C(=C(/C)C#N)c1ccc2oc3c(ccc4c5ccccc5oc43)c2c1)n1c2ccccc2c2ccccc21. The van der Waals surface area contributed by atoms with Gasteiger partial charge in [-0.2, -0.15) is 5.26 Å². The Kier molecular flexibility index (Phi) is 5.22. The van der Waals surface area contributed by atoms with Gasteiger partial charge < -0.3 is 13.4 Å². The highest BCUT2D eigenvalue weighted by molar-refractivity contribution is 6.20. The minimum absolute atomic E-state index is 0.608. The molecule has 8 rings (SSSR count). The Bertz CT molecular complexity index is 2450. The number of benzene rings is 5. The number of rotatable bonds is 4. The largest absolute Gasteiger partial charge is 0.452 e. The molecule has 0 fully saturated rings. The quantitative estimate of drug-likeness (QED) is 0.165. The molecule has 4 heteroatoms. The molecule has 0 N–H and O–H groups in total. The van der Waals surface area contributed by atoms with Gasteiger partial charge in [-0.25, -0.2) is 0 Å². The molecule has 0 spiro atoms. The van der Waals surface area contributed by atoms with Gasteiger partial charge in [0, 0.05) is 43.5 Å². The maximum atomic E-state index is 10.2. The molecule has 198 valence electrons. The number of furan rings is 2. The Labute approximate surface area is 241 Å². The highest BCUT2D eigenvalue weighted by Crippen LogP contribution is 2.42. The lowest BCUT2D eigenvalue weighted by atomic mass is 9.95. The van der Waals surface area contributed by atoms with Crippen molar-refractivity contribution in [3.63, 3.8) is 0 Å². The van der Waals surface area contributed by atoms with E-state index >= 15 is 0 Å². The first-order valence-corrected chi connectivity index (χ1v) is 13.9. The van der Waals surface area contributed by atoms with E-state index in [1.54, 1.807) is 6.08 Å². The molecule has 3 aromatic heterocycles. The predicted octanol–water partition coefficient (Wildman–Crippen LogP) is 10.6. The third-order valence-corrected chi connectivity index (χ3v) is 8.17. The second-order valence-electron chi connectivity index (χ2n) is 10.5. The Morgan fingerprint density at radius 2 is 1.26 bits per heavy atom. The summed E-state index contributed by atoms with van der Waals surface area (Å²) in [4.78, 5) is 0. The zero-order valence-corrected chi connectivity index (χ0v) is 22.9. The van der Waals surface area contributed by atoms with Crippen molar-refractivity contribution in [1.29, 1.82) is 5.26 Å². The summed E-state index contributed by atoms with van der Waals surface area (Å²) >= 11 is 0. The van der Waals surface area contributed by atoms with Crippen molar-refractivity contribution < 1.29 is 8.83 Å². The van der Waals surface area contributed by atoms with E-state index < -0.39 is 0 Å². The normalized spacial score (nSPS) is 13.0. The number of hydrogen-bond acceptors (Lipinski definition) is 3. The summed E-state index contributed by atoms with van der Waals surface area (Å²) in [5.74, 6) is 0. The van der Waals surface area contributed by atoms with Crippen molar-refractivity contribution in [3.8, 4) is 6.07 Å². The number of aromatic nitrogens is 1.